The van der Waals surface area contributed by atoms with Gasteiger partial charge in [-0.05, 0) is 25.7 Å². The molecule has 0 spiro atoms. The van der Waals surface area contributed by atoms with Crippen LogP contribution in [0.25, 0.3) is 0 Å². The lowest BCUT2D eigenvalue weighted by atomic mass is 10.00. The van der Waals surface area contributed by atoms with Crippen molar-refractivity contribution in [3.05, 3.63) is 23.3 Å². The second kappa shape index (κ2) is 21.4. The van der Waals surface area contributed by atoms with E-state index in [-0.39, 0.29) is 27.2 Å². The second-order valence-electron chi connectivity index (χ2n) is 9.66. The van der Waals surface area contributed by atoms with Crippen molar-refractivity contribution in [1.82, 2.24) is 0 Å². The van der Waals surface area contributed by atoms with E-state index in [9.17, 15) is 0 Å². The Bertz CT molecular complexity index is 1010. The molecule has 0 aromatic heterocycles. The highest BCUT2D eigenvalue weighted by molar-refractivity contribution is 5.62. The molecule has 0 N–H and O–H groups in total. The highest BCUT2D eigenvalue weighted by Gasteiger charge is 2.23. The number of rotatable bonds is 25. The quantitative estimate of drug-likeness (QED) is 0.0984. The van der Waals surface area contributed by atoms with Crippen molar-refractivity contribution >= 4 is 0 Å². The summed E-state index contributed by atoms with van der Waals surface area (Å²) in [5.41, 5.74) is 1.74. The summed E-state index contributed by atoms with van der Waals surface area (Å²) in [6.07, 6.45) is 7.47. The van der Waals surface area contributed by atoms with Crippen LogP contribution < -0.4 is 37.9 Å². The highest BCUT2D eigenvalue weighted by Crippen LogP contribution is 2.47. The van der Waals surface area contributed by atoms with Crippen LogP contribution in [0.3, 0.4) is 0 Å². The lowest BCUT2D eigenvalue weighted by molar-refractivity contribution is 0.0444. The Hall–Kier alpha value is -3.32. The van der Waals surface area contributed by atoms with Crippen LogP contribution in [0.15, 0.2) is 12.1 Å². The Morgan fingerprint density at radius 2 is 0.705 bits per heavy atom. The zero-order chi connectivity index (χ0) is 32.2. The van der Waals surface area contributed by atoms with E-state index in [1.54, 1.807) is 69.0 Å². The summed E-state index contributed by atoms with van der Waals surface area (Å²) in [7, 11) is 12.7. The van der Waals surface area contributed by atoms with Gasteiger partial charge in [0.1, 0.15) is 0 Å². The first-order valence-electron chi connectivity index (χ1n) is 14.6. The number of unbranched alkanes of at least 4 members (excludes halogenated alkanes) is 5. The third kappa shape index (κ3) is 10.7. The van der Waals surface area contributed by atoms with Gasteiger partial charge in [0.15, 0.2) is 73.2 Å². The van der Waals surface area contributed by atoms with E-state index in [1.165, 1.54) is 0 Å². The fraction of sp³-hybridized carbons (Fsp3) is 0.625. The zero-order valence-electron chi connectivity index (χ0n) is 27.5. The van der Waals surface area contributed by atoms with Crippen LogP contribution in [0.5, 0.6) is 46.0 Å². The van der Waals surface area contributed by atoms with Gasteiger partial charge >= 0.3 is 0 Å². The van der Waals surface area contributed by atoms with Crippen molar-refractivity contribution in [1.29, 1.82) is 0 Å². The topological polar surface area (TPSA) is 111 Å². The fourth-order valence-electron chi connectivity index (χ4n) is 4.83. The van der Waals surface area contributed by atoms with E-state index in [0.717, 1.165) is 49.7 Å². The van der Waals surface area contributed by atoms with Gasteiger partial charge in [-0.2, -0.15) is 0 Å². The molecular weight excluding hydrogens is 576 g/mol. The lowest BCUT2D eigenvalue weighted by Gasteiger charge is -2.21. The molecule has 0 aliphatic heterocycles. The van der Waals surface area contributed by atoms with Gasteiger partial charge in [0.2, 0.25) is 0 Å². The normalized spacial score (nSPS) is 10.8. The van der Waals surface area contributed by atoms with Crippen molar-refractivity contribution in [3.8, 4) is 46.0 Å². The molecule has 0 unspecified atom stereocenters. The first-order chi connectivity index (χ1) is 21.5. The summed E-state index contributed by atoms with van der Waals surface area (Å²) in [6.45, 7) is 0.336. The first kappa shape index (κ1) is 36.9. The predicted octanol–water partition coefficient (Wildman–Crippen LogP) is 5.78. The maximum absolute atomic E-state index is 5.89. The van der Waals surface area contributed by atoms with Gasteiger partial charge in [-0.3, -0.25) is 0 Å². The average molecular weight is 627 g/mol. The smallest absolute Gasteiger partial charge is 0.188 e. The standard InChI is InChI=1S/C32H50O12/c1-33-19-41-27-17-25(37-5)31(43-21-35-3)23(29(27)39-7)15-13-11-9-10-12-14-16-24-30(40-8)28(42-20-34-2)18-26(38-6)32(24)44-22-36-4/h17-18H,9-16,19-22H2,1-8H3. The highest BCUT2D eigenvalue weighted by atomic mass is 16.7. The molecule has 2 rings (SSSR count). The van der Waals surface area contributed by atoms with Gasteiger partial charge in [-0.25, -0.2) is 0 Å². The van der Waals surface area contributed by atoms with Crippen molar-refractivity contribution in [2.75, 3.05) is 84.1 Å². The fourth-order valence-corrected chi connectivity index (χ4v) is 4.83. The second-order valence-corrected chi connectivity index (χ2v) is 9.66. The first-order valence-corrected chi connectivity index (χ1v) is 14.6. The Balaban J connectivity index is 2.04. The number of ether oxygens (including phenoxy) is 12. The Kier molecular flexibility index (Phi) is 17.9. The number of methoxy groups -OCH3 is 8. The summed E-state index contributed by atoms with van der Waals surface area (Å²) in [5, 5.41) is 0. The molecule has 0 amide bonds. The van der Waals surface area contributed by atoms with Crippen LogP contribution in [-0.4, -0.2) is 84.1 Å². The summed E-state index contributed by atoms with van der Waals surface area (Å²) in [5.74, 6) is 4.52. The molecular formula is C32H50O12. The van der Waals surface area contributed by atoms with Crippen LogP contribution in [0.4, 0.5) is 0 Å². The molecule has 0 aliphatic carbocycles. The van der Waals surface area contributed by atoms with Gasteiger partial charge < -0.3 is 56.8 Å². The average Bonchev–Trinajstić information content (AvgIpc) is 3.05. The molecule has 44 heavy (non-hydrogen) atoms. The number of benzene rings is 2. The summed E-state index contributed by atoms with van der Waals surface area (Å²) < 4.78 is 66.4. The van der Waals surface area contributed by atoms with Crippen molar-refractivity contribution in [2.24, 2.45) is 0 Å². The van der Waals surface area contributed by atoms with E-state index in [0.29, 0.717) is 58.8 Å². The Morgan fingerprint density at radius 1 is 0.364 bits per heavy atom. The number of hydrogen-bond acceptors (Lipinski definition) is 12. The zero-order valence-corrected chi connectivity index (χ0v) is 27.5. The summed E-state index contributed by atoms with van der Waals surface area (Å²) in [6, 6.07) is 3.48. The van der Waals surface area contributed by atoms with Crippen molar-refractivity contribution in [3.63, 3.8) is 0 Å². The molecule has 12 heteroatoms. The van der Waals surface area contributed by atoms with Gasteiger partial charge in [-0.15, -0.1) is 0 Å². The van der Waals surface area contributed by atoms with E-state index < -0.39 is 0 Å². The van der Waals surface area contributed by atoms with Gasteiger partial charge in [-0.1, -0.05) is 25.7 Å². The Morgan fingerprint density at radius 3 is 1.02 bits per heavy atom. The van der Waals surface area contributed by atoms with Crippen molar-refractivity contribution in [2.45, 2.75) is 51.4 Å². The molecule has 2 aromatic rings. The van der Waals surface area contributed by atoms with E-state index >= 15 is 0 Å². The molecule has 0 radical (unpaired) electrons. The van der Waals surface area contributed by atoms with Gasteiger partial charge in [0.25, 0.3) is 0 Å². The van der Waals surface area contributed by atoms with Crippen LogP contribution in [0.1, 0.15) is 49.7 Å². The van der Waals surface area contributed by atoms with E-state index in [1.807, 2.05) is 0 Å². The SMILES string of the molecule is COCOc1cc(OC)c(OCOC)c(CCCCCCCCc2c(OC)c(OCOC)cc(OC)c2OCOC)c1OC. The molecule has 0 atom stereocenters. The molecule has 0 heterocycles. The van der Waals surface area contributed by atoms with Crippen LogP contribution in [0, 0.1) is 0 Å². The third-order valence-electron chi connectivity index (χ3n) is 6.77. The molecule has 0 aliphatic rings. The van der Waals surface area contributed by atoms with Crippen molar-refractivity contribution < 1.29 is 56.8 Å². The molecule has 2 aromatic carbocycles. The Labute approximate surface area is 261 Å². The summed E-state index contributed by atoms with van der Waals surface area (Å²) >= 11 is 0. The van der Waals surface area contributed by atoms with Crippen LogP contribution in [-0.2, 0) is 31.8 Å². The summed E-state index contributed by atoms with van der Waals surface area (Å²) in [4.78, 5) is 0. The third-order valence-corrected chi connectivity index (χ3v) is 6.77. The minimum atomic E-state index is 0.0837. The molecule has 250 valence electrons. The lowest BCUT2D eigenvalue weighted by Crippen LogP contribution is -2.08. The largest absolute Gasteiger partial charge is 0.493 e. The number of hydrogen-bond donors (Lipinski definition) is 0. The molecule has 0 saturated heterocycles. The molecule has 12 nitrogen and oxygen atoms in total. The van der Waals surface area contributed by atoms with Crippen LogP contribution >= 0.6 is 0 Å². The van der Waals surface area contributed by atoms with E-state index in [4.69, 9.17) is 56.8 Å². The molecule has 0 bridgehead atoms. The predicted molar refractivity (Wildman–Crippen MR) is 164 cm³/mol. The maximum atomic E-state index is 5.89. The minimum Gasteiger partial charge on any atom is -0.493 e. The maximum Gasteiger partial charge on any atom is 0.188 e. The monoisotopic (exact) mass is 626 g/mol. The van der Waals surface area contributed by atoms with Gasteiger partial charge in [0.05, 0.1) is 28.4 Å². The van der Waals surface area contributed by atoms with Gasteiger partial charge in [0, 0.05) is 51.7 Å². The van der Waals surface area contributed by atoms with Crippen LogP contribution in [0.2, 0.25) is 0 Å². The molecule has 0 saturated carbocycles. The van der Waals surface area contributed by atoms with E-state index in [2.05, 4.69) is 0 Å². The minimum absolute atomic E-state index is 0.0837. The molecule has 0 fully saturated rings.